The second-order valence-electron chi connectivity index (χ2n) is 7.71. The first-order valence-electron chi connectivity index (χ1n) is 9.20. The molecule has 136 valence electrons. The molecular formula is C24H28O2. The van der Waals surface area contributed by atoms with Crippen LogP contribution in [-0.2, 0) is 16.0 Å². The highest BCUT2D eigenvalue weighted by Crippen LogP contribution is 2.59. The van der Waals surface area contributed by atoms with E-state index in [4.69, 9.17) is 11.2 Å². The third-order valence-electron chi connectivity index (χ3n) is 4.91. The first kappa shape index (κ1) is 19.9. The predicted molar refractivity (Wildman–Crippen MR) is 106 cm³/mol. The molecule has 0 spiro atoms. The summed E-state index contributed by atoms with van der Waals surface area (Å²) in [6, 6.07) is 10.3. The maximum Gasteiger partial charge on any atom is 0.312 e. The van der Waals surface area contributed by atoms with E-state index in [1.807, 2.05) is 32.0 Å². The van der Waals surface area contributed by atoms with Gasteiger partial charge < -0.3 is 4.74 Å². The van der Waals surface area contributed by atoms with Gasteiger partial charge in [-0.3, -0.25) is 4.79 Å². The zero-order valence-electron chi connectivity index (χ0n) is 16.2. The van der Waals surface area contributed by atoms with Crippen LogP contribution < -0.4 is 0 Å². The minimum absolute atomic E-state index is 0.0728. The number of terminal acetylenes is 1. The van der Waals surface area contributed by atoms with Crippen LogP contribution in [0.1, 0.15) is 46.1 Å². The molecule has 1 aliphatic carbocycles. The molecule has 0 radical (unpaired) electrons. The molecule has 0 heterocycles. The Balaban J connectivity index is 1.82. The smallest absolute Gasteiger partial charge is 0.312 e. The zero-order valence-corrected chi connectivity index (χ0v) is 16.2. The molecular weight excluding hydrogens is 320 g/mol. The van der Waals surface area contributed by atoms with Gasteiger partial charge in [-0.1, -0.05) is 61.7 Å². The van der Waals surface area contributed by atoms with Crippen LogP contribution in [0.3, 0.4) is 0 Å². The average Bonchev–Trinajstić information content (AvgIpc) is 3.13. The first-order valence-corrected chi connectivity index (χ1v) is 9.20. The van der Waals surface area contributed by atoms with Crippen molar-refractivity contribution in [3.05, 3.63) is 47.5 Å². The number of hydrogen-bond donors (Lipinski definition) is 0. The molecule has 3 atom stereocenters. The van der Waals surface area contributed by atoms with E-state index in [1.165, 1.54) is 11.1 Å². The molecule has 1 fully saturated rings. The van der Waals surface area contributed by atoms with Crippen LogP contribution in [0.5, 0.6) is 0 Å². The van der Waals surface area contributed by atoms with E-state index in [1.54, 1.807) is 0 Å². The third kappa shape index (κ3) is 5.27. The summed E-state index contributed by atoms with van der Waals surface area (Å²) in [5.41, 5.74) is 2.44. The number of ether oxygens (including phenoxy) is 1. The monoisotopic (exact) mass is 348 g/mol. The van der Waals surface area contributed by atoms with Crippen LogP contribution in [0, 0.1) is 41.4 Å². The van der Waals surface area contributed by atoms with Gasteiger partial charge in [0.25, 0.3) is 0 Å². The Kier molecular flexibility index (Phi) is 6.70. The summed E-state index contributed by atoms with van der Waals surface area (Å²) >= 11 is 0. The molecule has 1 saturated carbocycles. The lowest BCUT2D eigenvalue weighted by Gasteiger charge is -2.07. The van der Waals surface area contributed by atoms with Crippen LogP contribution in [0.25, 0.3) is 0 Å². The zero-order chi connectivity index (χ0) is 19.2. The largest absolute Gasteiger partial charge is 0.437 e. The van der Waals surface area contributed by atoms with E-state index >= 15 is 0 Å². The number of esters is 1. The van der Waals surface area contributed by atoms with E-state index < -0.39 is 6.10 Å². The minimum Gasteiger partial charge on any atom is -0.437 e. The topological polar surface area (TPSA) is 26.3 Å². The SMILES string of the molecule is C#CC(C#CCCCc1ccccc1)OC(=O)C1C(C=C(C)C)C1(C)C. The Bertz CT molecular complexity index is 749. The molecule has 2 heteroatoms. The Labute approximate surface area is 158 Å². The van der Waals surface area contributed by atoms with Gasteiger partial charge in [-0.25, -0.2) is 0 Å². The van der Waals surface area contributed by atoms with Crippen LogP contribution in [0.15, 0.2) is 42.0 Å². The van der Waals surface area contributed by atoms with Gasteiger partial charge in [0.2, 0.25) is 6.10 Å². The molecule has 0 bridgehead atoms. The van der Waals surface area contributed by atoms with E-state index in [9.17, 15) is 4.79 Å². The van der Waals surface area contributed by atoms with Crippen molar-refractivity contribution in [1.29, 1.82) is 0 Å². The standard InChI is InChI=1S/C24H28O2/c1-6-20(16-12-8-11-15-19-13-9-7-10-14-19)26-23(25)22-21(17-18(2)3)24(22,4)5/h1,7,9-10,13-14,17,20-22H,8,11,15H2,2-5H3. The van der Waals surface area contributed by atoms with Crippen molar-refractivity contribution in [2.24, 2.45) is 17.3 Å². The van der Waals surface area contributed by atoms with E-state index in [2.05, 4.69) is 49.8 Å². The van der Waals surface area contributed by atoms with Gasteiger partial charge in [0, 0.05) is 6.42 Å². The Morgan fingerprint density at radius 2 is 2.00 bits per heavy atom. The summed E-state index contributed by atoms with van der Waals surface area (Å²) in [6.45, 7) is 8.26. The maximum absolute atomic E-state index is 12.4. The summed E-state index contributed by atoms with van der Waals surface area (Å²) in [6.07, 6.45) is 9.55. The number of aryl methyl sites for hydroxylation is 1. The molecule has 2 rings (SSSR count). The van der Waals surface area contributed by atoms with Crippen molar-refractivity contribution in [3.63, 3.8) is 0 Å². The minimum atomic E-state index is -0.761. The van der Waals surface area contributed by atoms with Crippen molar-refractivity contribution >= 4 is 5.97 Å². The molecule has 0 aromatic heterocycles. The number of benzene rings is 1. The van der Waals surface area contributed by atoms with Gasteiger partial charge >= 0.3 is 5.97 Å². The molecule has 0 N–H and O–H groups in total. The normalized spacial score (nSPS) is 20.7. The predicted octanol–water partition coefficient (Wildman–Crippen LogP) is 4.80. The molecule has 3 unspecified atom stereocenters. The molecule has 0 aliphatic heterocycles. The van der Waals surface area contributed by atoms with Crippen LogP contribution in [0.4, 0.5) is 0 Å². The summed E-state index contributed by atoms with van der Waals surface area (Å²) in [4.78, 5) is 12.4. The Morgan fingerprint density at radius 3 is 2.62 bits per heavy atom. The van der Waals surface area contributed by atoms with Gasteiger partial charge in [-0.05, 0) is 55.4 Å². The summed E-state index contributed by atoms with van der Waals surface area (Å²) in [5.74, 6) is 8.29. The Morgan fingerprint density at radius 1 is 1.31 bits per heavy atom. The fourth-order valence-corrected chi connectivity index (χ4v) is 3.28. The highest BCUT2D eigenvalue weighted by molar-refractivity contribution is 5.79. The van der Waals surface area contributed by atoms with Crippen LogP contribution >= 0.6 is 0 Å². The van der Waals surface area contributed by atoms with Crippen LogP contribution in [0.2, 0.25) is 0 Å². The van der Waals surface area contributed by atoms with Gasteiger partial charge in [-0.2, -0.15) is 0 Å². The van der Waals surface area contributed by atoms with Gasteiger partial charge in [-0.15, -0.1) is 6.42 Å². The maximum atomic E-state index is 12.4. The highest BCUT2D eigenvalue weighted by atomic mass is 16.5. The molecule has 2 nitrogen and oxygen atoms in total. The average molecular weight is 348 g/mol. The fourth-order valence-electron chi connectivity index (χ4n) is 3.28. The van der Waals surface area contributed by atoms with Gasteiger partial charge in [0.15, 0.2) is 0 Å². The summed E-state index contributed by atoms with van der Waals surface area (Å²) in [5, 5.41) is 0. The quantitative estimate of drug-likeness (QED) is 0.320. The lowest BCUT2D eigenvalue weighted by molar-refractivity contribution is -0.147. The lowest BCUT2D eigenvalue weighted by Crippen LogP contribution is -2.18. The molecule has 0 amide bonds. The highest BCUT2D eigenvalue weighted by Gasteiger charge is 2.61. The molecule has 26 heavy (non-hydrogen) atoms. The summed E-state index contributed by atoms with van der Waals surface area (Å²) < 4.78 is 5.46. The van der Waals surface area contributed by atoms with Crippen molar-refractivity contribution < 1.29 is 9.53 Å². The van der Waals surface area contributed by atoms with Crippen molar-refractivity contribution in [2.75, 3.05) is 0 Å². The van der Waals surface area contributed by atoms with Crippen molar-refractivity contribution in [1.82, 2.24) is 0 Å². The fraction of sp³-hybridized carbons (Fsp3) is 0.458. The first-order chi connectivity index (χ1) is 12.4. The van der Waals surface area contributed by atoms with E-state index in [0.29, 0.717) is 0 Å². The van der Waals surface area contributed by atoms with E-state index in [0.717, 1.165) is 19.3 Å². The molecule has 1 aliphatic rings. The van der Waals surface area contributed by atoms with E-state index in [-0.39, 0.29) is 23.2 Å². The van der Waals surface area contributed by atoms with Gasteiger partial charge in [0.1, 0.15) is 0 Å². The lowest BCUT2D eigenvalue weighted by atomic mass is 10.1. The second kappa shape index (κ2) is 8.77. The second-order valence-corrected chi connectivity index (χ2v) is 7.71. The Hall–Kier alpha value is -2.45. The number of carbonyl (C=O) groups excluding carboxylic acids is 1. The number of carbonyl (C=O) groups is 1. The summed E-state index contributed by atoms with van der Waals surface area (Å²) in [7, 11) is 0. The third-order valence-corrected chi connectivity index (χ3v) is 4.91. The molecule has 1 aromatic rings. The number of hydrogen-bond acceptors (Lipinski definition) is 2. The molecule has 0 saturated heterocycles. The molecule has 1 aromatic carbocycles. The van der Waals surface area contributed by atoms with Crippen molar-refractivity contribution in [3.8, 4) is 24.2 Å². The van der Waals surface area contributed by atoms with Crippen LogP contribution in [-0.4, -0.2) is 12.1 Å². The van der Waals surface area contributed by atoms with Gasteiger partial charge in [0.05, 0.1) is 5.92 Å². The van der Waals surface area contributed by atoms with Crippen molar-refractivity contribution in [2.45, 2.75) is 53.1 Å². The number of rotatable bonds is 6. The number of allylic oxidation sites excluding steroid dienone is 2. The number of unbranched alkanes of at least 4 members (excludes halogenated alkanes) is 1.